The summed E-state index contributed by atoms with van der Waals surface area (Å²) in [5.41, 5.74) is 0.269. The smallest absolute Gasteiger partial charge is 0.272 e. The van der Waals surface area contributed by atoms with Crippen LogP contribution in [-0.2, 0) is 27.1 Å². The van der Waals surface area contributed by atoms with Gasteiger partial charge >= 0.3 is 0 Å². The lowest BCUT2D eigenvalue weighted by molar-refractivity contribution is 0.101. The number of anilines is 1. The molecule has 0 unspecified atom stereocenters. The average molecular weight is 485 g/mol. The Morgan fingerprint density at radius 1 is 1.03 bits per heavy atom. The molecule has 1 saturated heterocycles. The number of methoxy groups -OCH3 is 1. The molecule has 0 bridgehead atoms. The molecule has 10 nitrogen and oxygen atoms in total. The molecule has 2 heterocycles. The fourth-order valence-corrected chi connectivity index (χ4v) is 6.02. The lowest BCUT2D eigenvalue weighted by Gasteiger charge is -2.25. The van der Waals surface area contributed by atoms with Gasteiger partial charge in [-0.15, -0.1) is 0 Å². The number of carbonyl (C=O) groups excluding carboxylic acids is 1. The molecular weight excluding hydrogens is 456 g/mol. The Morgan fingerprint density at radius 3 is 2.28 bits per heavy atom. The van der Waals surface area contributed by atoms with Crippen molar-refractivity contribution in [2.24, 2.45) is 7.05 Å². The quantitative estimate of drug-likeness (QED) is 0.639. The normalized spacial score (nSPS) is 15.7. The second-order valence-corrected chi connectivity index (χ2v) is 11.8. The van der Waals surface area contributed by atoms with Gasteiger partial charge in [0, 0.05) is 40.4 Å². The van der Waals surface area contributed by atoms with E-state index in [9.17, 15) is 21.6 Å². The number of aromatic nitrogens is 1. The first kappa shape index (κ1) is 24.2. The SMILES string of the molecule is COc1ccc(S(=O)(=O)N(C)C)cc1NC(=O)c1cc(S(=O)(=O)N2CCCCC2)cn1C. The fourth-order valence-electron chi connectivity index (χ4n) is 3.50. The lowest BCUT2D eigenvalue weighted by Crippen LogP contribution is -2.35. The van der Waals surface area contributed by atoms with E-state index in [1.54, 1.807) is 7.05 Å². The molecule has 3 rings (SSSR count). The molecular formula is C20H28N4O6S2. The Bertz CT molecular complexity index is 1210. The van der Waals surface area contributed by atoms with Crippen LogP contribution in [-0.4, -0.2) is 70.2 Å². The summed E-state index contributed by atoms with van der Waals surface area (Å²) in [5.74, 6) is -0.322. The zero-order valence-corrected chi connectivity index (χ0v) is 20.2. The molecule has 176 valence electrons. The number of piperidine rings is 1. The molecule has 1 aromatic carbocycles. The van der Waals surface area contributed by atoms with Gasteiger partial charge in [0.15, 0.2) is 0 Å². The predicted octanol–water partition coefficient (Wildman–Crippen LogP) is 1.71. The maximum Gasteiger partial charge on any atom is 0.272 e. The van der Waals surface area contributed by atoms with E-state index in [0.29, 0.717) is 13.1 Å². The number of nitrogens with zero attached hydrogens (tertiary/aromatic N) is 3. The molecule has 2 aromatic rings. The number of aryl methyl sites for hydroxylation is 1. The van der Waals surface area contributed by atoms with Crippen LogP contribution in [0, 0.1) is 0 Å². The highest BCUT2D eigenvalue weighted by molar-refractivity contribution is 7.89. The molecule has 1 N–H and O–H groups in total. The summed E-state index contributed by atoms with van der Waals surface area (Å²) in [6, 6.07) is 5.46. The monoisotopic (exact) mass is 484 g/mol. The Labute approximate surface area is 188 Å². The van der Waals surface area contributed by atoms with E-state index in [0.717, 1.165) is 23.6 Å². The Hall–Kier alpha value is -2.41. The standard InChI is InChI=1S/C20H28N4O6S2/c1-22(2)31(26,27)15-8-9-19(30-4)17(12-15)21-20(25)18-13-16(14-23(18)3)32(28,29)24-10-6-5-7-11-24/h8-9,12-14H,5-7,10-11H2,1-4H3,(H,21,25). The molecule has 0 spiro atoms. The number of amides is 1. The van der Waals surface area contributed by atoms with Crippen LogP contribution in [0.15, 0.2) is 40.3 Å². The number of nitrogens with one attached hydrogen (secondary N) is 1. The van der Waals surface area contributed by atoms with Crippen molar-refractivity contribution in [3.63, 3.8) is 0 Å². The number of sulfonamides is 2. The summed E-state index contributed by atoms with van der Waals surface area (Å²) >= 11 is 0. The van der Waals surface area contributed by atoms with Crippen molar-refractivity contribution in [1.29, 1.82) is 0 Å². The molecule has 0 atom stereocenters. The average Bonchev–Trinajstić information content (AvgIpc) is 3.16. The van der Waals surface area contributed by atoms with E-state index < -0.39 is 26.0 Å². The summed E-state index contributed by atoms with van der Waals surface area (Å²) < 4.78 is 60.0. The van der Waals surface area contributed by atoms with E-state index in [-0.39, 0.29) is 26.9 Å². The summed E-state index contributed by atoms with van der Waals surface area (Å²) in [6.45, 7) is 0.923. The predicted molar refractivity (Wildman–Crippen MR) is 120 cm³/mol. The van der Waals surface area contributed by atoms with Crippen LogP contribution < -0.4 is 10.1 Å². The third-order valence-corrected chi connectivity index (χ3v) is 9.04. The lowest BCUT2D eigenvalue weighted by atomic mass is 10.2. The Kier molecular flexibility index (Phi) is 6.98. The van der Waals surface area contributed by atoms with Gasteiger partial charge in [0.05, 0.1) is 17.7 Å². The molecule has 1 fully saturated rings. The van der Waals surface area contributed by atoms with Crippen molar-refractivity contribution < 1.29 is 26.4 Å². The molecule has 0 radical (unpaired) electrons. The van der Waals surface area contributed by atoms with Gasteiger partial charge in [-0.05, 0) is 37.1 Å². The van der Waals surface area contributed by atoms with Gasteiger partial charge < -0.3 is 14.6 Å². The van der Waals surface area contributed by atoms with E-state index in [2.05, 4.69) is 5.32 Å². The van der Waals surface area contributed by atoms with E-state index in [4.69, 9.17) is 4.74 Å². The van der Waals surface area contributed by atoms with Crippen molar-refractivity contribution in [3.05, 3.63) is 36.2 Å². The Balaban J connectivity index is 1.91. The first-order valence-corrected chi connectivity index (χ1v) is 12.9. The number of ether oxygens (including phenoxy) is 1. The Morgan fingerprint density at radius 2 is 1.69 bits per heavy atom. The molecule has 1 aliphatic rings. The third kappa shape index (κ3) is 4.68. The minimum absolute atomic E-state index is 0.0150. The van der Waals surface area contributed by atoms with Crippen LogP contribution in [0.3, 0.4) is 0 Å². The zero-order valence-electron chi connectivity index (χ0n) is 18.5. The van der Waals surface area contributed by atoms with Crippen molar-refractivity contribution in [2.45, 2.75) is 29.1 Å². The van der Waals surface area contributed by atoms with Crippen LogP contribution in [0.4, 0.5) is 5.69 Å². The second-order valence-electron chi connectivity index (χ2n) is 7.74. The number of rotatable bonds is 7. The molecule has 32 heavy (non-hydrogen) atoms. The number of hydrogen-bond acceptors (Lipinski definition) is 6. The summed E-state index contributed by atoms with van der Waals surface area (Å²) in [5, 5.41) is 2.64. The maximum atomic E-state index is 13.0. The first-order valence-electron chi connectivity index (χ1n) is 10.1. The molecule has 0 aliphatic carbocycles. The van der Waals surface area contributed by atoms with Crippen molar-refractivity contribution >= 4 is 31.6 Å². The van der Waals surface area contributed by atoms with Gasteiger partial charge in [0.1, 0.15) is 16.3 Å². The topological polar surface area (TPSA) is 118 Å². The van der Waals surface area contributed by atoms with Gasteiger partial charge in [0.2, 0.25) is 20.0 Å². The number of hydrogen-bond donors (Lipinski definition) is 1. The highest BCUT2D eigenvalue weighted by Crippen LogP contribution is 2.29. The fraction of sp³-hybridized carbons (Fsp3) is 0.450. The number of carbonyl (C=O) groups is 1. The molecule has 0 saturated carbocycles. The highest BCUT2D eigenvalue weighted by Gasteiger charge is 2.29. The van der Waals surface area contributed by atoms with Gasteiger partial charge in [0.25, 0.3) is 5.91 Å². The van der Waals surface area contributed by atoms with Crippen molar-refractivity contribution in [2.75, 3.05) is 39.6 Å². The van der Waals surface area contributed by atoms with Gasteiger partial charge in [-0.2, -0.15) is 4.31 Å². The van der Waals surface area contributed by atoms with E-state index >= 15 is 0 Å². The highest BCUT2D eigenvalue weighted by atomic mass is 32.2. The summed E-state index contributed by atoms with van der Waals surface area (Å²) in [6.07, 6.45) is 4.03. The van der Waals surface area contributed by atoms with Crippen LogP contribution in [0.1, 0.15) is 29.8 Å². The molecule has 1 aromatic heterocycles. The van der Waals surface area contributed by atoms with Crippen LogP contribution >= 0.6 is 0 Å². The molecule has 1 amide bonds. The van der Waals surface area contributed by atoms with Crippen LogP contribution in [0.2, 0.25) is 0 Å². The van der Waals surface area contributed by atoms with Crippen LogP contribution in [0.5, 0.6) is 5.75 Å². The van der Waals surface area contributed by atoms with Crippen LogP contribution in [0.25, 0.3) is 0 Å². The largest absolute Gasteiger partial charge is 0.495 e. The van der Waals surface area contributed by atoms with Crippen molar-refractivity contribution in [3.8, 4) is 5.75 Å². The number of benzene rings is 1. The zero-order chi connectivity index (χ0) is 23.7. The summed E-state index contributed by atoms with van der Waals surface area (Å²) in [4.78, 5) is 13.0. The van der Waals surface area contributed by atoms with Crippen molar-refractivity contribution in [1.82, 2.24) is 13.2 Å². The third-order valence-electron chi connectivity index (χ3n) is 5.36. The molecule has 12 heteroatoms. The first-order chi connectivity index (χ1) is 15.0. The second kappa shape index (κ2) is 9.22. The van der Waals surface area contributed by atoms with Gasteiger partial charge in [-0.25, -0.2) is 21.1 Å². The van der Waals surface area contributed by atoms with E-state index in [1.165, 1.54) is 60.5 Å². The minimum Gasteiger partial charge on any atom is -0.495 e. The summed E-state index contributed by atoms with van der Waals surface area (Å²) in [7, 11) is -1.62. The molecule has 1 aliphatic heterocycles. The minimum atomic E-state index is -3.72. The van der Waals surface area contributed by atoms with E-state index in [1.807, 2.05) is 0 Å². The van der Waals surface area contributed by atoms with Gasteiger partial charge in [-0.1, -0.05) is 6.42 Å². The maximum absolute atomic E-state index is 13.0. The van der Waals surface area contributed by atoms with Gasteiger partial charge in [-0.3, -0.25) is 4.79 Å².